The molecule has 0 saturated carbocycles. The third-order valence-electron chi connectivity index (χ3n) is 3.79. The molecule has 0 saturated heterocycles. The first-order valence-corrected chi connectivity index (χ1v) is 11.0. The maximum Gasteiger partial charge on any atom is 0.200 e. The quantitative estimate of drug-likeness (QED) is 0.456. The van der Waals surface area contributed by atoms with Gasteiger partial charge in [0.25, 0.3) is 0 Å². The lowest BCUT2D eigenvalue weighted by Gasteiger charge is -2.45. The summed E-state index contributed by atoms with van der Waals surface area (Å²) in [5.41, 5.74) is 0. The van der Waals surface area contributed by atoms with Crippen LogP contribution in [0.1, 0.15) is 33.6 Å². The summed E-state index contributed by atoms with van der Waals surface area (Å²) in [6.07, 6.45) is 4.28. The van der Waals surface area contributed by atoms with Crippen molar-refractivity contribution >= 4 is 8.32 Å². The Morgan fingerprint density at radius 2 is 1.25 bits per heavy atom. The number of nitrogens with zero attached hydrogens (tertiary/aromatic N) is 3. The maximum atomic E-state index is 6.07. The molecule has 0 heterocycles. The predicted octanol–water partition coefficient (Wildman–Crippen LogP) is 2.66. The number of hydrogen-bond donors (Lipinski definition) is 0. The zero-order chi connectivity index (χ0) is 15.9. The van der Waals surface area contributed by atoms with Crippen molar-refractivity contribution in [2.24, 2.45) is 0 Å². The Morgan fingerprint density at radius 1 is 0.850 bits per heavy atom. The first-order chi connectivity index (χ1) is 9.20. The van der Waals surface area contributed by atoms with E-state index in [2.05, 4.69) is 76.8 Å². The summed E-state index contributed by atoms with van der Waals surface area (Å²) in [7, 11) is 7.07. The molecule has 0 fully saturated rings. The smallest absolute Gasteiger partial charge is 0.200 e. The van der Waals surface area contributed by atoms with Crippen LogP contribution in [0.15, 0.2) is 0 Å². The van der Waals surface area contributed by atoms with E-state index in [4.69, 9.17) is 4.43 Å². The first kappa shape index (κ1) is 20.1. The molecule has 0 aliphatic heterocycles. The van der Waals surface area contributed by atoms with Crippen LogP contribution in [0.3, 0.4) is 0 Å². The van der Waals surface area contributed by atoms with E-state index in [0.717, 1.165) is 25.6 Å². The Bertz CT molecular complexity index is 244. The van der Waals surface area contributed by atoms with Crippen molar-refractivity contribution in [3.8, 4) is 0 Å². The topological polar surface area (TPSA) is 19.0 Å². The lowest BCUT2D eigenvalue weighted by atomic mass is 10.2. The van der Waals surface area contributed by atoms with Gasteiger partial charge in [-0.2, -0.15) is 0 Å². The van der Waals surface area contributed by atoms with Crippen LogP contribution in [-0.4, -0.2) is 76.3 Å². The summed E-state index contributed by atoms with van der Waals surface area (Å²) in [5.74, 6) is 0. The molecule has 0 radical (unpaired) electrons. The minimum atomic E-state index is -1.64. The molecule has 0 amide bonds. The fraction of sp³-hybridized carbons (Fsp3) is 1.00. The molecule has 0 aromatic rings. The van der Waals surface area contributed by atoms with Crippen molar-refractivity contribution < 1.29 is 4.43 Å². The zero-order valence-corrected chi connectivity index (χ0v) is 16.2. The van der Waals surface area contributed by atoms with E-state index in [1.807, 2.05) is 0 Å². The van der Waals surface area contributed by atoms with Crippen LogP contribution in [0.2, 0.25) is 13.1 Å². The summed E-state index contributed by atoms with van der Waals surface area (Å²) in [5, 5.41) is 0. The van der Waals surface area contributed by atoms with Crippen molar-refractivity contribution in [1.29, 1.82) is 0 Å². The Balaban J connectivity index is 5.23. The van der Waals surface area contributed by atoms with Gasteiger partial charge in [-0.3, -0.25) is 14.7 Å². The lowest BCUT2D eigenvalue weighted by Crippen LogP contribution is -2.59. The van der Waals surface area contributed by atoms with Gasteiger partial charge in [0.1, 0.15) is 0 Å². The van der Waals surface area contributed by atoms with E-state index in [0.29, 0.717) is 12.3 Å². The van der Waals surface area contributed by atoms with Crippen LogP contribution in [0, 0.1) is 0 Å². The van der Waals surface area contributed by atoms with Gasteiger partial charge in [-0.1, -0.05) is 13.8 Å². The molecule has 0 bridgehead atoms. The molecule has 20 heavy (non-hydrogen) atoms. The SMILES string of the molecule is CCO[Si](C)(C)CN(C(CC)N(C)C)C(CC)N(C)C. The van der Waals surface area contributed by atoms with E-state index in [9.17, 15) is 0 Å². The average molecular weight is 304 g/mol. The number of hydrogen-bond acceptors (Lipinski definition) is 4. The fourth-order valence-corrected chi connectivity index (χ4v) is 5.25. The highest BCUT2D eigenvalue weighted by atomic mass is 28.4. The van der Waals surface area contributed by atoms with Gasteiger partial charge in [0.15, 0.2) is 0 Å². The Labute approximate surface area is 128 Å². The third-order valence-corrected chi connectivity index (χ3v) is 5.98. The minimum Gasteiger partial charge on any atom is -0.416 e. The largest absolute Gasteiger partial charge is 0.416 e. The van der Waals surface area contributed by atoms with Gasteiger partial charge in [0.05, 0.1) is 12.3 Å². The van der Waals surface area contributed by atoms with Crippen LogP contribution < -0.4 is 0 Å². The standard InChI is InChI=1S/C15H37N3OSi/c1-10-14(16(4)5)18(15(11-2)17(6)7)13-20(8,9)19-12-3/h14-15H,10-13H2,1-9H3. The Morgan fingerprint density at radius 3 is 1.50 bits per heavy atom. The van der Waals surface area contributed by atoms with E-state index >= 15 is 0 Å². The van der Waals surface area contributed by atoms with Crippen LogP contribution in [0.25, 0.3) is 0 Å². The second kappa shape index (κ2) is 9.15. The first-order valence-electron chi connectivity index (χ1n) is 7.92. The minimum absolute atomic E-state index is 0.467. The van der Waals surface area contributed by atoms with E-state index in [-0.39, 0.29) is 0 Å². The Hall–Kier alpha value is 0.0569. The molecule has 0 rings (SSSR count). The molecule has 0 aliphatic carbocycles. The average Bonchev–Trinajstić information content (AvgIpc) is 2.28. The van der Waals surface area contributed by atoms with Gasteiger partial charge in [-0.15, -0.1) is 0 Å². The lowest BCUT2D eigenvalue weighted by molar-refractivity contribution is -0.00986. The van der Waals surface area contributed by atoms with Crippen molar-refractivity contribution in [2.45, 2.75) is 59.0 Å². The fourth-order valence-electron chi connectivity index (χ4n) is 3.08. The van der Waals surface area contributed by atoms with Crippen molar-refractivity contribution in [1.82, 2.24) is 14.7 Å². The van der Waals surface area contributed by atoms with E-state index < -0.39 is 8.32 Å². The summed E-state index contributed by atoms with van der Waals surface area (Å²) < 4.78 is 6.07. The molecule has 0 aromatic heterocycles. The zero-order valence-electron chi connectivity index (χ0n) is 15.2. The highest BCUT2D eigenvalue weighted by Gasteiger charge is 2.34. The van der Waals surface area contributed by atoms with Crippen LogP contribution in [0.5, 0.6) is 0 Å². The van der Waals surface area contributed by atoms with E-state index in [1.54, 1.807) is 0 Å². The van der Waals surface area contributed by atoms with Crippen LogP contribution in [-0.2, 0) is 4.43 Å². The molecule has 122 valence electrons. The second-order valence-corrected chi connectivity index (χ2v) is 10.7. The molecule has 0 N–H and O–H groups in total. The summed E-state index contributed by atoms with van der Waals surface area (Å²) in [6, 6.07) is 0. The maximum absolute atomic E-state index is 6.07. The second-order valence-electron chi connectivity index (χ2n) is 6.57. The predicted molar refractivity (Wildman–Crippen MR) is 91.3 cm³/mol. The molecule has 0 aliphatic rings. The molecule has 0 spiro atoms. The monoisotopic (exact) mass is 303 g/mol. The third kappa shape index (κ3) is 6.22. The van der Waals surface area contributed by atoms with Crippen molar-refractivity contribution in [3.63, 3.8) is 0 Å². The summed E-state index contributed by atoms with van der Waals surface area (Å²) in [4.78, 5) is 7.31. The molecular weight excluding hydrogens is 266 g/mol. The molecule has 5 heteroatoms. The highest BCUT2D eigenvalue weighted by Crippen LogP contribution is 2.19. The Kier molecular flexibility index (Phi) is 9.18. The van der Waals surface area contributed by atoms with E-state index in [1.165, 1.54) is 0 Å². The molecule has 2 atom stereocenters. The summed E-state index contributed by atoms with van der Waals surface area (Å²) in [6.45, 7) is 12.1. The van der Waals surface area contributed by atoms with Crippen LogP contribution in [0.4, 0.5) is 0 Å². The summed E-state index contributed by atoms with van der Waals surface area (Å²) >= 11 is 0. The van der Waals surface area contributed by atoms with Gasteiger partial charge in [0.2, 0.25) is 8.32 Å². The number of rotatable bonds is 10. The van der Waals surface area contributed by atoms with Gasteiger partial charge in [-0.05, 0) is 61.1 Å². The van der Waals surface area contributed by atoms with Gasteiger partial charge >= 0.3 is 0 Å². The van der Waals surface area contributed by atoms with Crippen LogP contribution >= 0.6 is 0 Å². The van der Waals surface area contributed by atoms with Gasteiger partial charge < -0.3 is 4.43 Å². The highest BCUT2D eigenvalue weighted by molar-refractivity contribution is 6.71. The molecule has 0 aromatic carbocycles. The van der Waals surface area contributed by atoms with Crippen molar-refractivity contribution in [2.75, 3.05) is 41.0 Å². The molecule has 4 nitrogen and oxygen atoms in total. The van der Waals surface area contributed by atoms with Gasteiger partial charge in [0, 0.05) is 12.8 Å². The molecular formula is C15H37N3OSi. The van der Waals surface area contributed by atoms with Crippen molar-refractivity contribution in [3.05, 3.63) is 0 Å². The van der Waals surface area contributed by atoms with Gasteiger partial charge in [-0.25, -0.2) is 0 Å². The molecule has 2 unspecified atom stereocenters. The normalized spacial score (nSPS) is 16.2.